The predicted molar refractivity (Wildman–Crippen MR) is 62.0 cm³/mol. The van der Waals surface area contributed by atoms with Crippen LogP contribution in [0.25, 0.3) is 0 Å². The molecule has 4 N–H and O–H groups in total. The highest BCUT2D eigenvalue weighted by molar-refractivity contribution is 5.84. The number of ether oxygens (including phenoxy) is 1. The van der Waals surface area contributed by atoms with Crippen molar-refractivity contribution < 1.29 is 9.53 Å². The molecule has 0 radical (unpaired) electrons. The van der Waals surface area contributed by atoms with Gasteiger partial charge in [0.25, 0.3) is 0 Å². The summed E-state index contributed by atoms with van der Waals surface area (Å²) in [5, 5.41) is 0. The van der Waals surface area contributed by atoms with Crippen molar-refractivity contribution in [3.63, 3.8) is 0 Å². The summed E-state index contributed by atoms with van der Waals surface area (Å²) in [6.07, 6.45) is 0. The van der Waals surface area contributed by atoms with Gasteiger partial charge in [-0.2, -0.15) is 0 Å². The fourth-order valence-electron chi connectivity index (χ4n) is 1.85. The molecule has 1 aromatic carbocycles. The van der Waals surface area contributed by atoms with Gasteiger partial charge in [-0.15, -0.1) is 0 Å². The summed E-state index contributed by atoms with van der Waals surface area (Å²) in [6, 6.07) is 7.01. The molecule has 5 heteroatoms. The number of hydrogen-bond acceptors (Lipinski definition) is 4. The normalized spacial score (nSPS) is 20.8. The molecule has 1 unspecified atom stereocenters. The first-order valence-corrected chi connectivity index (χ1v) is 5.18. The van der Waals surface area contributed by atoms with Gasteiger partial charge in [0.1, 0.15) is 6.04 Å². The van der Waals surface area contributed by atoms with Crippen LogP contribution in [0.4, 0.5) is 11.4 Å². The van der Waals surface area contributed by atoms with Crippen molar-refractivity contribution in [1.29, 1.82) is 0 Å². The smallest absolute Gasteiger partial charge is 0.242 e. The van der Waals surface area contributed by atoms with Crippen molar-refractivity contribution in [2.45, 2.75) is 6.04 Å². The molecule has 0 bridgehead atoms. The Morgan fingerprint density at radius 3 is 3.00 bits per heavy atom. The van der Waals surface area contributed by atoms with E-state index in [1.165, 1.54) is 0 Å². The second-order valence-electron chi connectivity index (χ2n) is 3.78. The van der Waals surface area contributed by atoms with Crippen molar-refractivity contribution in [3.05, 3.63) is 24.3 Å². The van der Waals surface area contributed by atoms with Crippen LogP contribution in [0.3, 0.4) is 0 Å². The van der Waals surface area contributed by atoms with Crippen LogP contribution < -0.4 is 16.4 Å². The number of anilines is 2. The molecule has 1 fully saturated rings. The number of carbonyl (C=O) groups excluding carboxylic acids is 1. The van der Waals surface area contributed by atoms with E-state index in [4.69, 9.17) is 16.2 Å². The molecule has 1 amide bonds. The van der Waals surface area contributed by atoms with E-state index in [0.29, 0.717) is 25.4 Å². The summed E-state index contributed by atoms with van der Waals surface area (Å²) >= 11 is 0. The molecule has 0 aliphatic carbocycles. The van der Waals surface area contributed by atoms with Crippen molar-refractivity contribution in [2.75, 3.05) is 30.4 Å². The van der Waals surface area contributed by atoms with E-state index in [1.54, 1.807) is 0 Å². The summed E-state index contributed by atoms with van der Waals surface area (Å²) in [6.45, 7) is 1.58. The molecule has 16 heavy (non-hydrogen) atoms. The maximum Gasteiger partial charge on any atom is 0.242 e. The van der Waals surface area contributed by atoms with E-state index in [1.807, 2.05) is 29.2 Å². The van der Waals surface area contributed by atoms with Gasteiger partial charge in [0.05, 0.1) is 13.2 Å². The van der Waals surface area contributed by atoms with Crippen molar-refractivity contribution in [1.82, 2.24) is 0 Å². The minimum Gasteiger partial charge on any atom is -0.399 e. The Bertz CT molecular complexity index is 395. The Labute approximate surface area is 94.0 Å². The zero-order valence-corrected chi connectivity index (χ0v) is 8.93. The molecule has 1 aliphatic heterocycles. The van der Waals surface area contributed by atoms with E-state index in [-0.39, 0.29) is 5.91 Å². The predicted octanol–water partition coefficient (Wildman–Crippen LogP) is -0.0407. The molecule has 0 spiro atoms. The highest BCUT2D eigenvalue weighted by Gasteiger charge is 2.27. The van der Waals surface area contributed by atoms with Crippen LogP contribution in [0.5, 0.6) is 0 Å². The lowest BCUT2D eigenvalue weighted by molar-refractivity contribution is -0.121. The Morgan fingerprint density at radius 1 is 1.50 bits per heavy atom. The molecule has 1 heterocycles. The topological polar surface area (TPSA) is 81.6 Å². The molecule has 0 saturated carbocycles. The largest absolute Gasteiger partial charge is 0.399 e. The number of hydrogen-bond donors (Lipinski definition) is 2. The van der Waals surface area contributed by atoms with Crippen molar-refractivity contribution in [2.24, 2.45) is 5.73 Å². The average molecular weight is 221 g/mol. The van der Waals surface area contributed by atoms with Gasteiger partial charge in [-0.1, -0.05) is 6.07 Å². The number of carbonyl (C=O) groups is 1. The number of primary amides is 1. The molecule has 5 nitrogen and oxygen atoms in total. The zero-order chi connectivity index (χ0) is 11.5. The van der Waals surface area contributed by atoms with Crippen molar-refractivity contribution in [3.8, 4) is 0 Å². The van der Waals surface area contributed by atoms with E-state index < -0.39 is 6.04 Å². The van der Waals surface area contributed by atoms with Crippen LogP contribution in [0, 0.1) is 0 Å². The fourth-order valence-corrected chi connectivity index (χ4v) is 1.85. The van der Waals surface area contributed by atoms with Crippen LogP contribution in [0.15, 0.2) is 24.3 Å². The maximum absolute atomic E-state index is 11.3. The highest BCUT2D eigenvalue weighted by Crippen LogP contribution is 2.21. The van der Waals surface area contributed by atoms with Crippen LogP contribution in [0.1, 0.15) is 0 Å². The minimum absolute atomic E-state index is 0.337. The Hall–Kier alpha value is -1.75. The van der Waals surface area contributed by atoms with Gasteiger partial charge in [-0.05, 0) is 18.2 Å². The standard InChI is InChI=1S/C11H15N3O2/c12-8-2-1-3-9(6-8)14-4-5-16-7-10(14)11(13)15/h1-3,6,10H,4-5,7,12H2,(H2,13,15). The Morgan fingerprint density at radius 2 is 2.31 bits per heavy atom. The monoisotopic (exact) mass is 221 g/mol. The molecule has 1 saturated heterocycles. The van der Waals surface area contributed by atoms with Gasteiger partial charge in [0.2, 0.25) is 5.91 Å². The molecular weight excluding hydrogens is 206 g/mol. The van der Waals surface area contributed by atoms with Gasteiger partial charge in [0.15, 0.2) is 0 Å². The summed E-state index contributed by atoms with van der Waals surface area (Å²) in [7, 11) is 0. The van der Waals surface area contributed by atoms with Gasteiger partial charge in [0, 0.05) is 17.9 Å². The first-order valence-electron chi connectivity index (χ1n) is 5.18. The number of nitrogen functional groups attached to an aromatic ring is 1. The first kappa shape index (κ1) is 10.8. The Kier molecular flexibility index (Phi) is 2.96. The maximum atomic E-state index is 11.3. The second-order valence-corrected chi connectivity index (χ2v) is 3.78. The minimum atomic E-state index is -0.407. The third-order valence-corrected chi connectivity index (χ3v) is 2.66. The summed E-state index contributed by atoms with van der Waals surface area (Å²) in [5.74, 6) is -0.373. The Balaban J connectivity index is 2.26. The molecule has 1 aliphatic rings. The summed E-state index contributed by atoms with van der Waals surface area (Å²) in [4.78, 5) is 13.2. The molecule has 1 atom stereocenters. The average Bonchev–Trinajstić information content (AvgIpc) is 2.29. The van der Waals surface area contributed by atoms with E-state index in [0.717, 1.165) is 5.69 Å². The lowest BCUT2D eigenvalue weighted by Gasteiger charge is -2.35. The highest BCUT2D eigenvalue weighted by atomic mass is 16.5. The van der Waals surface area contributed by atoms with Gasteiger partial charge >= 0.3 is 0 Å². The molecule has 2 rings (SSSR count). The molecular formula is C11H15N3O2. The zero-order valence-electron chi connectivity index (χ0n) is 8.93. The number of rotatable bonds is 2. The lowest BCUT2D eigenvalue weighted by atomic mass is 10.1. The fraction of sp³-hybridized carbons (Fsp3) is 0.364. The molecule has 86 valence electrons. The third-order valence-electron chi connectivity index (χ3n) is 2.66. The van der Waals surface area contributed by atoms with Crippen LogP contribution in [0.2, 0.25) is 0 Å². The van der Waals surface area contributed by atoms with Gasteiger partial charge in [-0.3, -0.25) is 4.79 Å². The quantitative estimate of drug-likeness (QED) is 0.686. The number of nitrogens with two attached hydrogens (primary N) is 2. The van der Waals surface area contributed by atoms with Crippen LogP contribution >= 0.6 is 0 Å². The number of nitrogens with zero attached hydrogens (tertiary/aromatic N) is 1. The molecule has 0 aromatic heterocycles. The van der Waals surface area contributed by atoms with E-state index >= 15 is 0 Å². The second kappa shape index (κ2) is 4.40. The van der Waals surface area contributed by atoms with E-state index in [2.05, 4.69) is 0 Å². The number of amides is 1. The number of morpholine rings is 1. The van der Waals surface area contributed by atoms with Gasteiger partial charge in [-0.25, -0.2) is 0 Å². The van der Waals surface area contributed by atoms with Crippen molar-refractivity contribution >= 4 is 17.3 Å². The van der Waals surface area contributed by atoms with E-state index in [9.17, 15) is 4.79 Å². The lowest BCUT2D eigenvalue weighted by Crippen LogP contribution is -2.52. The summed E-state index contributed by atoms with van der Waals surface area (Å²) < 4.78 is 5.25. The van der Waals surface area contributed by atoms with Gasteiger partial charge < -0.3 is 21.1 Å². The molecule has 1 aromatic rings. The SMILES string of the molecule is NC(=O)C1COCCN1c1cccc(N)c1. The van der Waals surface area contributed by atoms with Crippen LogP contribution in [-0.4, -0.2) is 31.7 Å². The first-order chi connectivity index (χ1) is 7.68. The number of benzene rings is 1. The van der Waals surface area contributed by atoms with Crippen LogP contribution in [-0.2, 0) is 9.53 Å². The summed E-state index contributed by atoms with van der Waals surface area (Å²) in [5.41, 5.74) is 12.6. The third kappa shape index (κ3) is 2.09.